The zero-order valence-corrected chi connectivity index (χ0v) is 54.0. The first kappa shape index (κ1) is 67.2. The molecule has 0 unspecified atom stereocenters. The highest BCUT2D eigenvalue weighted by Crippen LogP contribution is 2.45. The second-order valence-corrected chi connectivity index (χ2v) is 27.3. The fraction of sp³-hybridized carbons (Fsp3) is 0.348. The zero-order valence-electron chi connectivity index (χ0n) is 52.3. The number of carbonyl (C=O) groups is 5. The number of furan rings is 2. The Hall–Kier alpha value is -8.74. The third-order valence-electron chi connectivity index (χ3n) is 17.0. The van der Waals surface area contributed by atoms with Crippen molar-refractivity contribution in [2.45, 2.75) is 65.6 Å². The molecule has 3 fully saturated rings. The number of benzene rings is 6. The standard InChI is InChI=1S/C35H38FN3O5S.C34H33F4N3O6S/c1-4-31(40)33-29-21-28(25-6-5-7-26(20-25)35(41)38-18-16-37(17-19-38)27-12-13-27)30(39(15-14-36)45(3,42)43)22-32(29)44-34(33)24-10-8-23(2)9-11-24;1-4-28(42)30-26-19-25(23-6-5-7-24(18-23)32(43)39-14-16-40(17-15-39)33(44)34(36,37)38)27(41(13-12-35)48(3,45)46)20-29(26)47-31(30)22-10-8-21(2)9-11-22/h5-11,20-22,27H,4,12-19H2,1-3H3;5-11,18-20H,4,12-17H2,1-3H3. The number of aryl methyl sites for hydroxylation is 2. The van der Waals surface area contributed by atoms with Crippen LogP contribution in [0, 0.1) is 13.8 Å². The van der Waals surface area contributed by atoms with Gasteiger partial charge in [-0.25, -0.2) is 25.6 Å². The van der Waals surface area contributed by atoms with E-state index >= 15 is 0 Å². The number of hydrogen-bond acceptors (Lipinski definition) is 12. The first-order chi connectivity index (χ1) is 44.2. The summed E-state index contributed by atoms with van der Waals surface area (Å²) in [7, 11) is -7.94. The number of fused-ring (bicyclic) bond motifs is 2. The van der Waals surface area contributed by atoms with Gasteiger partial charge in [-0.15, -0.1) is 0 Å². The summed E-state index contributed by atoms with van der Waals surface area (Å²) in [5, 5.41) is 0.921. The van der Waals surface area contributed by atoms with Crippen molar-refractivity contribution >= 4 is 82.6 Å². The van der Waals surface area contributed by atoms with Crippen LogP contribution in [0.15, 0.2) is 130 Å². The number of Topliss-reactive ketones (excluding diaryl/α,β-unsaturated/α-hetero) is 2. The van der Waals surface area contributed by atoms with Crippen molar-refractivity contribution in [1.29, 1.82) is 0 Å². The van der Waals surface area contributed by atoms with Gasteiger partial charge in [0.05, 0.1) is 48.1 Å². The largest absolute Gasteiger partial charge is 0.471 e. The summed E-state index contributed by atoms with van der Waals surface area (Å²) < 4.78 is 133. The molecule has 24 heteroatoms. The number of piperazine rings is 2. The van der Waals surface area contributed by atoms with Crippen LogP contribution >= 0.6 is 0 Å². The van der Waals surface area contributed by atoms with Crippen LogP contribution in [0.2, 0.25) is 0 Å². The van der Waals surface area contributed by atoms with Gasteiger partial charge in [-0.05, 0) is 74.2 Å². The molecule has 2 aromatic heterocycles. The monoisotopic (exact) mass is 1320 g/mol. The van der Waals surface area contributed by atoms with E-state index in [9.17, 15) is 62.8 Å². The lowest BCUT2D eigenvalue weighted by atomic mass is 9.95. The van der Waals surface area contributed by atoms with Gasteiger partial charge in [0.15, 0.2) is 11.6 Å². The van der Waals surface area contributed by atoms with Gasteiger partial charge in [-0.2, -0.15) is 13.2 Å². The number of ketones is 2. The molecular formula is C69H71F5N6O11S2. The highest BCUT2D eigenvalue weighted by molar-refractivity contribution is 7.92. The van der Waals surface area contributed by atoms with Gasteiger partial charge in [-0.1, -0.05) is 97.8 Å². The number of rotatable bonds is 19. The molecule has 1 aliphatic carbocycles. The van der Waals surface area contributed by atoms with Crippen molar-refractivity contribution in [2.75, 3.05) is 99.9 Å². The number of alkyl halides is 5. The Morgan fingerprint density at radius 3 is 1.24 bits per heavy atom. The zero-order chi connectivity index (χ0) is 66.8. The number of anilines is 2. The predicted octanol–water partition coefficient (Wildman–Crippen LogP) is 12.6. The SMILES string of the molecule is CCC(=O)c1c(-c2ccc(C)cc2)oc2cc(N(CCF)S(C)(=O)=O)c(-c3cccc(C(=O)N4CCN(C(=O)C(F)(F)F)CC4)c3)cc12.CCC(=O)c1c(-c2ccc(C)cc2)oc2cc(N(CCF)S(C)(=O)=O)c(-c3cccc(C(=O)N4CCN(C5CC5)CC4)c3)cc12. The van der Waals surface area contributed by atoms with Gasteiger partial charge in [0.25, 0.3) is 11.8 Å². The van der Waals surface area contributed by atoms with Gasteiger partial charge in [-0.3, -0.25) is 37.5 Å². The number of hydrogen-bond donors (Lipinski definition) is 0. The Morgan fingerprint density at radius 2 is 0.892 bits per heavy atom. The summed E-state index contributed by atoms with van der Waals surface area (Å²) in [5.41, 5.74) is 7.18. The lowest BCUT2D eigenvalue weighted by Gasteiger charge is -2.35. The van der Waals surface area contributed by atoms with Gasteiger partial charge in [0.2, 0.25) is 20.0 Å². The maximum atomic E-state index is 13.8. The summed E-state index contributed by atoms with van der Waals surface area (Å²) in [6.07, 6.45) is -0.212. The summed E-state index contributed by atoms with van der Waals surface area (Å²) in [5.74, 6) is -2.22. The van der Waals surface area contributed by atoms with E-state index in [-0.39, 0.29) is 84.6 Å². The first-order valence-corrected chi connectivity index (χ1v) is 34.3. The number of carbonyl (C=O) groups excluding carboxylic acids is 5. The van der Waals surface area contributed by atoms with Crippen molar-refractivity contribution in [3.8, 4) is 44.9 Å². The molecule has 0 atom stereocenters. The Bertz CT molecular complexity index is 4400. The summed E-state index contributed by atoms with van der Waals surface area (Å²) in [6, 6.07) is 35.2. The van der Waals surface area contributed by atoms with Gasteiger partial charge in [0.1, 0.15) is 36.0 Å². The average Bonchev–Trinajstić information content (AvgIpc) is 1.70. The number of amides is 3. The van der Waals surface area contributed by atoms with E-state index in [1.54, 1.807) is 80.6 Å². The smallest absolute Gasteiger partial charge is 0.455 e. The van der Waals surface area contributed by atoms with Gasteiger partial charge >= 0.3 is 12.1 Å². The van der Waals surface area contributed by atoms with Crippen molar-refractivity contribution < 1.29 is 71.6 Å². The quantitative estimate of drug-likeness (QED) is 0.0549. The molecule has 93 heavy (non-hydrogen) atoms. The van der Waals surface area contributed by atoms with Gasteiger partial charge in [0, 0.05) is 128 Å². The lowest BCUT2D eigenvalue weighted by Crippen LogP contribution is -2.53. The predicted molar refractivity (Wildman–Crippen MR) is 348 cm³/mol. The highest BCUT2D eigenvalue weighted by Gasteiger charge is 2.44. The van der Waals surface area contributed by atoms with E-state index in [1.165, 1.54) is 35.9 Å². The Kier molecular flexibility index (Phi) is 19.8. The van der Waals surface area contributed by atoms with Crippen molar-refractivity contribution in [2.24, 2.45) is 0 Å². The van der Waals surface area contributed by atoms with E-state index in [4.69, 9.17) is 8.83 Å². The maximum Gasteiger partial charge on any atom is 0.471 e. The number of halogens is 5. The minimum Gasteiger partial charge on any atom is -0.455 e. The molecule has 2 aliphatic heterocycles. The summed E-state index contributed by atoms with van der Waals surface area (Å²) in [6.45, 7) is 6.71. The molecule has 3 amide bonds. The third kappa shape index (κ3) is 14.6. The van der Waals surface area contributed by atoms with Gasteiger partial charge < -0.3 is 23.5 Å². The second-order valence-electron chi connectivity index (χ2n) is 23.5. The molecule has 0 spiro atoms. The Morgan fingerprint density at radius 1 is 0.516 bits per heavy atom. The maximum absolute atomic E-state index is 13.8. The number of sulfonamides is 2. The van der Waals surface area contributed by atoms with Crippen LogP contribution in [0.4, 0.5) is 33.3 Å². The van der Waals surface area contributed by atoms with Crippen molar-refractivity contribution in [3.05, 3.63) is 155 Å². The van der Waals surface area contributed by atoms with Crippen LogP contribution in [-0.2, 0) is 24.8 Å². The molecule has 2 saturated heterocycles. The van der Waals surface area contributed by atoms with Crippen LogP contribution in [0.3, 0.4) is 0 Å². The molecule has 17 nitrogen and oxygen atoms in total. The van der Waals surface area contributed by atoms with Crippen LogP contribution < -0.4 is 8.61 Å². The fourth-order valence-electron chi connectivity index (χ4n) is 12.0. The fourth-order valence-corrected chi connectivity index (χ4v) is 13.8. The molecule has 4 heterocycles. The molecule has 6 aromatic carbocycles. The Balaban J connectivity index is 0.000000204. The molecule has 0 radical (unpaired) electrons. The molecular weight excluding hydrogens is 1250 g/mol. The van der Waals surface area contributed by atoms with Crippen LogP contribution in [0.1, 0.15) is 92.1 Å². The minimum absolute atomic E-state index is 0.0613. The summed E-state index contributed by atoms with van der Waals surface area (Å²) >= 11 is 0. The molecule has 11 rings (SSSR count). The molecule has 1 saturated carbocycles. The highest BCUT2D eigenvalue weighted by atomic mass is 32.2. The molecule has 0 bridgehead atoms. The number of nitrogens with zero attached hydrogens (tertiary/aromatic N) is 6. The van der Waals surface area contributed by atoms with Crippen LogP contribution in [0.25, 0.3) is 66.8 Å². The Labute approximate surface area is 536 Å². The molecule has 3 aliphatic rings. The van der Waals surface area contributed by atoms with Crippen LogP contribution in [-0.4, -0.2) is 169 Å². The molecule has 0 N–H and O–H groups in total. The van der Waals surface area contributed by atoms with Crippen molar-refractivity contribution in [3.63, 3.8) is 0 Å². The molecule has 8 aromatic rings. The second kappa shape index (κ2) is 27.5. The van der Waals surface area contributed by atoms with E-state index in [0.717, 1.165) is 50.9 Å². The lowest BCUT2D eigenvalue weighted by molar-refractivity contribution is -0.186. The minimum atomic E-state index is -5.02. The van der Waals surface area contributed by atoms with E-state index in [1.807, 2.05) is 55.1 Å². The summed E-state index contributed by atoms with van der Waals surface area (Å²) in [4.78, 5) is 71.8. The third-order valence-corrected chi connectivity index (χ3v) is 19.3. The van der Waals surface area contributed by atoms with Crippen LogP contribution in [0.5, 0.6) is 0 Å². The normalized spacial score (nSPS) is 14.9. The average molecular weight is 1320 g/mol. The topological polar surface area (TPSA) is 199 Å². The van der Waals surface area contributed by atoms with Crippen molar-refractivity contribution in [1.82, 2.24) is 19.6 Å². The molecule has 490 valence electrons. The first-order valence-electron chi connectivity index (χ1n) is 30.6. The van der Waals surface area contributed by atoms with E-state index < -0.39 is 64.5 Å². The van der Waals surface area contributed by atoms with E-state index in [0.29, 0.717) is 90.9 Å². The van der Waals surface area contributed by atoms with E-state index in [2.05, 4.69) is 4.90 Å².